The molecule has 0 aliphatic heterocycles. The highest BCUT2D eigenvalue weighted by molar-refractivity contribution is 5.67. The van der Waals surface area contributed by atoms with Crippen molar-refractivity contribution in [2.75, 3.05) is 13.2 Å². The molecule has 0 unspecified atom stereocenters. The second kappa shape index (κ2) is 6.12. The van der Waals surface area contributed by atoms with Gasteiger partial charge in [-0.05, 0) is 24.2 Å². The lowest BCUT2D eigenvalue weighted by Gasteiger charge is -2.22. The van der Waals surface area contributed by atoms with E-state index in [0.29, 0.717) is 19.1 Å². The number of amides is 1. The van der Waals surface area contributed by atoms with Gasteiger partial charge in [-0.1, -0.05) is 40.0 Å². The number of ether oxygens (including phenoxy) is 1. The molecular weight excluding hydrogens is 202 g/mol. The van der Waals surface area contributed by atoms with Gasteiger partial charge < -0.3 is 10.1 Å². The first kappa shape index (κ1) is 13.3. The van der Waals surface area contributed by atoms with E-state index in [-0.39, 0.29) is 11.5 Å². The Morgan fingerprint density at radius 3 is 2.44 bits per heavy atom. The van der Waals surface area contributed by atoms with E-state index in [1.807, 2.05) is 0 Å². The quantitative estimate of drug-likeness (QED) is 0.803. The van der Waals surface area contributed by atoms with Crippen molar-refractivity contribution in [3.63, 3.8) is 0 Å². The molecule has 0 saturated heterocycles. The lowest BCUT2D eigenvalue weighted by molar-refractivity contribution is 0.113. The summed E-state index contributed by atoms with van der Waals surface area (Å²) in [5, 5.41) is 2.80. The molecule has 1 fully saturated rings. The molecule has 0 heterocycles. The summed E-state index contributed by atoms with van der Waals surface area (Å²) in [6, 6.07) is 0. The Bertz CT molecular complexity index is 214. The molecule has 1 saturated carbocycles. The Balaban J connectivity index is 2.09. The molecule has 0 radical (unpaired) electrons. The predicted octanol–water partition coefficient (Wildman–Crippen LogP) is 3.34. The van der Waals surface area contributed by atoms with Crippen molar-refractivity contribution in [1.29, 1.82) is 0 Å². The van der Waals surface area contributed by atoms with Crippen LogP contribution in [0, 0.1) is 11.3 Å². The van der Waals surface area contributed by atoms with E-state index in [4.69, 9.17) is 4.74 Å². The van der Waals surface area contributed by atoms with Crippen molar-refractivity contribution in [2.24, 2.45) is 11.3 Å². The summed E-state index contributed by atoms with van der Waals surface area (Å²) in [6.07, 6.45) is 6.08. The fraction of sp³-hybridized carbons (Fsp3) is 0.923. The molecule has 3 heteroatoms. The van der Waals surface area contributed by atoms with Crippen LogP contribution in [0.15, 0.2) is 0 Å². The Labute approximate surface area is 98.9 Å². The maximum Gasteiger partial charge on any atom is 0.407 e. The van der Waals surface area contributed by atoms with E-state index in [1.54, 1.807) is 0 Å². The van der Waals surface area contributed by atoms with Crippen molar-refractivity contribution in [1.82, 2.24) is 5.32 Å². The second-order valence-corrected chi connectivity index (χ2v) is 6.02. The number of carbonyl (C=O) groups excluding carboxylic acids is 1. The van der Waals surface area contributed by atoms with E-state index in [1.165, 1.54) is 32.1 Å². The highest BCUT2D eigenvalue weighted by atomic mass is 16.5. The second-order valence-electron chi connectivity index (χ2n) is 6.02. The Morgan fingerprint density at radius 1 is 1.25 bits per heavy atom. The fourth-order valence-electron chi connectivity index (χ4n) is 1.94. The van der Waals surface area contributed by atoms with Crippen LogP contribution < -0.4 is 5.32 Å². The van der Waals surface area contributed by atoms with Crippen LogP contribution in [-0.4, -0.2) is 19.2 Å². The molecule has 3 nitrogen and oxygen atoms in total. The molecule has 1 aliphatic rings. The molecule has 1 rings (SSSR count). The Hall–Kier alpha value is -0.730. The van der Waals surface area contributed by atoms with Crippen LogP contribution in [-0.2, 0) is 4.74 Å². The zero-order valence-electron chi connectivity index (χ0n) is 10.8. The number of rotatable bonds is 3. The van der Waals surface area contributed by atoms with E-state index < -0.39 is 0 Å². The van der Waals surface area contributed by atoms with Gasteiger partial charge in [-0.25, -0.2) is 4.79 Å². The maximum atomic E-state index is 11.4. The van der Waals surface area contributed by atoms with E-state index >= 15 is 0 Å². The first-order valence-corrected chi connectivity index (χ1v) is 6.38. The topological polar surface area (TPSA) is 38.3 Å². The van der Waals surface area contributed by atoms with Gasteiger partial charge in [0.2, 0.25) is 0 Å². The Kier molecular flexibility index (Phi) is 5.10. The van der Waals surface area contributed by atoms with Gasteiger partial charge in [0.15, 0.2) is 0 Å². The molecule has 1 N–H and O–H groups in total. The third-order valence-electron chi connectivity index (χ3n) is 2.94. The van der Waals surface area contributed by atoms with Crippen molar-refractivity contribution in [2.45, 2.75) is 52.9 Å². The standard InChI is InChI=1S/C13H25NO2/c1-13(2,3)10-14-12(15)16-9-11-7-5-4-6-8-11/h11H,4-10H2,1-3H3,(H,14,15). The summed E-state index contributed by atoms with van der Waals surface area (Å²) in [5.41, 5.74) is 0.115. The summed E-state index contributed by atoms with van der Waals surface area (Å²) in [7, 11) is 0. The van der Waals surface area contributed by atoms with Crippen LogP contribution >= 0.6 is 0 Å². The molecule has 94 valence electrons. The van der Waals surface area contributed by atoms with Crippen molar-refractivity contribution in [3.8, 4) is 0 Å². The molecule has 16 heavy (non-hydrogen) atoms. The maximum absolute atomic E-state index is 11.4. The monoisotopic (exact) mass is 227 g/mol. The fourth-order valence-corrected chi connectivity index (χ4v) is 1.94. The van der Waals surface area contributed by atoms with Crippen LogP contribution in [0.5, 0.6) is 0 Å². The predicted molar refractivity (Wildman–Crippen MR) is 65.4 cm³/mol. The molecule has 0 aromatic heterocycles. The van der Waals surface area contributed by atoms with Crippen molar-refractivity contribution in [3.05, 3.63) is 0 Å². The van der Waals surface area contributed by atoms with Gasteiger partial charge in [-0.15, -0.1) is 0 Å². The first-order chi connectivity index (χ1) is 7.47. The van der Waals surface area contributed by atoms with Gasteiger partial charge in [0.1, 0.15) is 0 Å². The van der Waals surface area contributed by atoms with Gasteiger partial charge in [-0.2, -0.15) is 0 Å². The largest absolute Gasteiger partial charge is 0.449 e. The normalized spacial score (nSPS) is 18.2. The van der Waals surface area contributed by atoms with Crippen molar-refractivity contribution >= 4 is 6.09 Å². The van der Waals surface area contributed by atoms with Gasteiger partial charge in [0.25, 0.3) is 0 Å². The molecular formula is C13H25NO2. The first-order valence-electron chi connectivity index (χ1n) is 6.38. The van der Waals surface area contributed by atoms with Crippen molar-refractivity contribution < 1.29 is 9.53 Å². The lowest BCUT2D eigenvalue weighted by atomic mass is 9.90. The van der Waals surface area contributed by atoms with Crippen LogP contribution in [0.3, 0.4) is 0 Å². The molecule has 0 bridgehead atoms. The van der Waals surface area contributed by atoms with Gasteiger partial charge in [0.05, 0.1) is 6.61 Å². The molecule has 0 aromatic carbocycles. The molecule has 1 aliphatic carbocycles. The Morgan fingerprint density at radius 2 is 1.88 bits per heavy atom. The average molecular weight is 227 g/mol. The SMILES string of the molecule is CC(C)(C)CNC(=O)OCC1CCCCC1. The highest BCUT2D eigenvalue weighted by Gasteiger charge is 2.16. The molecule has 0 aromatic rings. The van der Waals surface area contributed by atoms with Crippen LogP contribution in [0.1, 0.15) is 52.9 Å². The zero-order valence-corrected chi connectivity index (χ0v) is 10.8. The minimum atomic E-state index is -0.263. The highest BCUT2D eigenvalue weighted by Crippen LogP contribution is 2.23. The summed E-state index contributed by atoms with van der Waals surface area (Å²) >= 11 is 0. The third-order valence-corrected chi connectivity index (χ3v) is 2.94. The number of carbonyl (C=O) groups is 1. The van der Waals surface area contributed by atoms with Gasteiger partial charge in [-0.3, -0.25) is 0 Å². The summed E-state index contributed by atoms with van der Waals surface area (Å²) in [4.78, 5) is 11.4. The molecule has 0 atom stereocenters. The number of alkyl carbamates (subject to hydrolysis) is 1. The smallest absolute Gasteiger partial charge is 0.407 e. The minimum Gasteiger partial charge on any atom is -0.449 e. The zero-order chi connectivity index (χ0) is 12.0. The summed E-state index contributed by atoms with van der Waals surface area (Å²) < 4.78 is 5.23. The van der Waals surface area contributed by atoms with Gasteiger partial charge in [0, 0.05) is 6.54 Å². The molecule has 1 amide bonds. The third kappa shape index (κ3) is 5.99. The van der Waals surface area contributed by atoms with Gasteiger partial charge >= 0.3 is 6.09 Å². The molecule has 0 spiro atoms. The van der Waals surface area contributed by atoms with E-state index in [2.05, 4.69) is 26.1 Å². The van der Waals surface area contributed by atoms with E-state index in [0.717, 1.165) is 0 Å². The average Bonchev–Trinajstić information content (AvgIpc) is 2.24. The van der Waals surface area contributed by atoms with Crippen LogP contribution in [0.25, 0.3) is 0 Å². The van der Waals surface area contributed by atoms with E-state index in [9.17, 15) is 4.79 Å². The lowest BCUT2D eigenvalue weighted by Crippen LogP contribution is -2.33. The summed E-state index contributed by atoms with van der Waals surface area (Å²) in [6.45, 7) is 7.53. The van der Waals surface area contributed by atoms with Crippen LogP contribution in [0.2, 0.25) is 0 Å². The minimum absolute atomic E-state index is 0.115. The van der Waals surface area contributed by atoms with Crippen LogP contribution in [0.4, 0.5) is 4.79 Å². The number of hydrogen-bond donors (Lipinski definition) is 1. The number of nitrogens with one attached hydrogen (secondary N) is 1. The summed E-state index contributed by atoms with van der Waals surface area (Å²) in [5.74, 6) is 0.592. The number of hydrogen-bond acceptors (Lipinski definition) is 2.